The predicted octanol–water partition coefficient (Wildman–Crippen LogP) is 1.65. The van der Waals surface area contributed by atoms with Crippen molar-refractivity contribution in [3.8, 4) is 0 Å². The van der Waals surface area contributed by atoms with Crippen LogP contribution >= 0.6 is 0 Å². The molecular formula is C11H11O3. The number of methoxy groups -OCH3 is 2. The molecule has 0 unspecified atom stereocenters. The van der Waals surface area contributed by atoms with Gasteiger partial charge in [0.2, 0.25) is 0 Å². The summed E-state index contributed by atoms with van der Waals surface area (Å²) in [5, 5.41) is 0. The number of esters is 1. The predicted molar refractivity (Wildman–Crippen MR) is 52.3 cm³/mol. The number of carbonyl (C=O) groups is 1. The van der Waals surface area contributed by atoms with Crippen molar-refractivity contribution in [2.75, 3.05) is 14.2 Å². The minimum absolute atomic E-state index is 0.381. The summed E-state index contributed by atoms with van der Waals surface area (Å²) in [6, 6.07) is 9.91. The fourth-order valence-corrected chi connectivity index (χ4v) is 1.02. The largest absolute Gasteiger partial charge is 0.503 e. The zero-order valence-electron chi connectivity index (χ0n) is 8.11. The van der Waals surface area contributed by atoms with Gasteiger partial charge in [0.1, 0.15) is 5.57 Å². The van der Waals surface area contributed by atoms with Gasteiger partial charge >= 0.3 is 5.97 Å². The first-order valence-electron chi connectivity index (χ1n) is 4.07. The van der Waals surface area contributed by atoms with E-state index in [1.165, 1.54) is 20.5 Å². The summed E-state index contributed by atoms with van der Waals surface area (Å²) >= 11 is 0. The van der Waals surface area contributed by atoms with E-state index in [-0.39, 0.29) is 0 Å². The molecule has 0 atom stereocenters. The fourth-order valence-electron chi connectivity index (χ4n) is 1.02. The van der Waals surface area contributed by atoms with Gasteiger partial charge in [-0.1, -0.05) is 18.2 Å². The topological polar surface area (TPSA) is 35.5 Å². The molecule has 0 saturated heterocycles. The average Bonchev–Trinajstić information content (AvgIpc) is 2.26. The molecule has 0 spiro atoms. The lowest BCUT2D eigenvalue weighted by molar-refractivity contribution is -0.133. The Kier molecular flexibility index (Phi) is 3.73. The zero-order valence-corrected chi connectivity index (χ0v) is 8.11. The Balaban J connectivity index is 3.02. The molecule has 0 aliphatic rings. The van der Waals surface area contributed by atoms with Gasteiger partial charge < -0.3 is 9.47 Å². The highest BCUT2D eigenvalue weighted by atomic mass is 16.5. The molecule has 0 fully saturated rings. The smallest absolute Gasteiger partial charge is 0.341 e. The Hall–Kier alpha value is -1.77. The van der Waals surface area contributed by atoms with Crippen molar-refractivity contribution in [2.24, 2.45) is 0 Å². The normalized spacial score (nSPS) is 10.9. The number of rotatable bonds is 3. The fraction of sp³-hybridized carbons (Fsp3) is 0.182. The van der Waals surface area contributed by atoms with Crippen LogP contribution < -0.4 is 0 Å². The maximum Gasteiger partial charge on any atom is 0.341 e. The van der Waals surface area contributed by atoms with Crippen molar-refractivity contribution in [2.45, 2.75) is 0 Å². The molecule has 1 rings (SSSR count). The van der Waals surface area contributed by atoms with Gasteiger partial charge in [0.05, 0.1) is 20.5 Å². The molecule has 3 heteroatoms. The van der Waals surface area contributed by atoms with Crippen molar-refractivity contribution in [1.29, 1.82) is 0 Å². The molecule has 1 radical (unpaired) electrons. The molecule has 0 amide bonds. The van der Waals surface area contributed by atoms with Gasteiger partial charge in [0, 0.05) is 0 Å². The van der Waals surface area contributed by atoms with Gasteiger partial charge in [-0.25, -0.2) is 4.79 Å². The third-order valence-electron chi connectivity index (χ3n) is 1.66. The summed E-state index contributed by atoms with van der Waals surface area (Å²) in [5.74, 6) is -0.425. The van der Waals surface area contributed by atoms with Crippen LogP contribution in [-0.2, 0) is 14.3 Å². The lowest BCUT2D eigenvalue weighted by Crippen LogP contribution is -2.04. The Morgan fingerprint density at radius 3 is 2.79 bits per heavy atom. The summed E-state index contributed by atoms with van der Waals surface area (Å²) < 4.78 is 9.42. The van der Waals surface area contributed by atoms with E-state index in [0.29, 0.717) is 5.57 Å². The highest BCUT2D eigenvalue weighted by Crippen LogP contribution is 2.14. The van der Waals surface area contributed by atoms with E-state index in [1.807, 2.05) is 0 Å². The molecule has 0 aliphatic heterocycles. The number of carbonyl (C=O) groups excluding carboxylic acids is 1. The van der Waals surface area contributed by atoms with Gasteiger partial charge in [-0.15, -0.1) is 0 Å². The second-order valence-corrected chi connectivity index (χ2v) is 2.55. The van der Waals surface area contributed by atoms with Crippen molar-refractivity contribution < 1.29 is 14.3 Å². The second kappa shape index (κ2) is 5.07. The van der Waals surface area contributed by atoms with Crippen LogP contribution in [0.15, 0.2) is 30.5 Å². The van der Waals surface area contributed by atoms with Gasteiger partial charge in [-0.05, 0) is 17.7 Å². The standard InChI is InChI=1S/C11H11O3/c1-13-8-10(11(12)14-2)9-6-4-3-5-7-9/h3-4,6-8H,1-2H3/b10-8-. The van der Waals surface area contributed by atoms with Crippen LogP contribution in [-0.4, -0.2) is 20.2 Å². The van der Waals surface area contributed by atoms with Crippen LogP contribution in [0.5, 0.6) is 0 Å². The van der Waals surface area contributed by atoms with Crippen molar-refractivity contribution in [3.05, 3.63) is 42.2 Å². The Labute approximate surface area is 83.0 Å². The maximum atomic E-state index is 11.3. The molecule has 0 bridgehead atoms. The SMILES string of the molecule is CO/C=C(\C(=O)OC)c1c[c]ccc1. The summed E-state index contributed by atoms with van der Waals surface area (Å²) in [6.07, 6.45) is 1.36. The summed E-state index contributed by atoms with van der Waals surface area (Å²) in [5.41, 5.74) is 1.10. The molecule has 73 valence electrons. The van der Waals surface area contributed by atoms with E-state index in [1.54, 1.807) is 24.3 Å². The van der Waals surface area contributed by atoms with Gasteiger partial charge in [0.15, 0.2) is 0 Å². The molecule has 3 nitrogen and oxygen atoms in total. The van der Waals surface area contributed by atoms with E-state index < -0.39 is 5.97 Å². The molecular weight excluding hydrogens is 180 g/mol. The number of ether oxygens (including phenoxy) is 2. The number of benzene rings is 1. The first kappa shape index (κ1) is 10.3. The van der Waals surface area contributed by atoms with Gasteiger partial charge in [-0.3, -0.25) is 0 Å². The van der Waals surface area contributed by atoms with Crippen molar-refractivity contribution in [3.63, 3.8) is 0 Å². The molecule has 1 aromatic carbocycles. The van der Waals surface area contributed by atoms with Crippen LogP contribution in [0.3, 0.4) is 0 Å². The molecule has 0 saturated carbocycles. The quantitative estimate of drug-likeness (QED) is 0.414. The molecule has 0 aliphatic carbocycles. The minimum Gasteiger partial charge on any atom is -0.503 e. The minimum atomic E-state index is -0.425. The van der Waals surface area contributed by atoms with E-state index in [9.17, 15) is 4.79 Å². The molecule has 0 heterocycles. The Bertz CT molecular complexity index is 328. The van der Waals surface area contributed by atoms with Crippen molar-refractivity contribution in [1.82, 2.24) is 0 Å². The number of hydrogen-bond donors (Lipinski definition) is 0. The highest BCUT2D eigenvalue weighted by Gasteiger charge is 2.11. The first-order chi connectivity index (χ1) is 6.79. The maximum absolute atomic E-state index is 11.3. The Morgan fingerprint density at radius 2 is 2.29 bits per heavy atom. The van der Waals surface area contributed by atoms with Crippen LogP contribution in [0.25, 0.3) is 5.57 Å². The van der Waals surface area contributed by atoms with E-state index >= 15 is 0 Å². The summed E-state index contributed by atoms with van der Waals surface area (Å²) in [7, 11) is 2.81. The summed E-state index contributed by atoms with van der Waals surface area (Å²) in [4.78, 5) is 11.3. The van der Waals surface area contributed by atoms with Gasteiger partial charge in [0.25, 0.3) is 0 Å². The molecule has 0 N–H and O–H groups in total. The van der Waals surface area contributed by atoms with E-state index in [2.05, 4.69) is 10.8 Å². The average molecular weight is 191 g/mol. The van der Waals surface area contributed by atoms with E-state index in [0.717, 1.165) is 5.56 Å². The van der Waals surface area contributed by atoms with Crippen LogP contribution in [0.1, 0.15) is 5.56 Å². The molecule has 14 heavy (non-hydrogen) atoms. The van der Waals surface area contributed by atoms with Crippen LogP contribution in [0.2, 0.25) is 0 Å². The summed E-state index contributed by atoms with van der Waals surface area (Å²) in [6.45, 7) is 0. The third kappa shape index (κ3) is 2.36. The number of hydrogen-bond acceptors (Lipinski definition) is 3. The van der Waals surface area contributed by atoms with E-state index in [4.69, 9.17) is 4.74 Å². The third-order valence-corrected chi connectivity index (χ3v) is 1.66. The lowest BCUT2D eigenvalue weighted by atomic mass is 10.1. The van der Waals surface area contributed by atoms with Gasteiger partial charge in [-0.2, -0.15) is 0 Å². The lowest BCUT2D eigenvalue weighted by Gasteiger charge is -2.04. The molecule has 1 aromatic rings. The Morgan fingerprint density at radius 1 is 1.50 bits per heavy atom. The van der Waals surface area contributed by atoms with Crippen LogP contribution in [0, 0.1) is 6.07 Å². The zero-order chi connectivity index (χ0) is 10.4. The molecule has 0 aromatic heterocycles. The second-order valence-electron chi connectivity index (χ2n) is 2.55. The first-order valence-corrected chi connectivity index (χ1v) is 4.07. The van der Waals surface area contributed by atoms with Crippen LogP contribution in [0.4, 0.5) is 0 Å². The highest BCUT2D eigenvalue weighted by molar-refractivity contribution is 6.16. The monoisotopic (exact) mass is 191 g/mol. The van der Waals surface area contributed by atoms with Crippen molar-refractivity contribution >= 4 is 11.5 Å².